The van der Waals surface area contributed by atoms with Crippen molar-refractivity contribution in [2.24, 2.45) is 0 Å². The third-order valence-corrected chi connectivity index (χ3v) is 17.2. The molecule has 1 saturated heterocycles. The number of fused-ring (bicyclic) bond motifs is 3. The van der Waals surface area contributed by atoms with Gasteiger partial charge in [0.25, 0.3) is 5.56 Å². The Morgan fingerprint density at radius 1 is 0.890 bits per heavy atom. The normalized spacial score (nSPS) is 16.2. The van der Waals surface area contributed by atoms with E-state index in [9.17, 15) is 38.5 Å². The molecule has 2 aliphatic heterocycles. The van der Waals surface area contributed by atoms with Crippen molar-refractivity contribution in [3.63, 3.8) is 0 Å². The number of carbonyl (C=O) groups is 2. The van der Waals surface area contributed by atoms with E-state index in [1.54, 1.807) is 33.6 Å². The Balaban J connectivity index is 0.569. The van der Waals surface area contributed by atoms with Crippen LogP contribution in [-0.4, -0.2) is 130 Å². The van der Waals surface area contributed by atoms with Crippen LogP contribution in [0.4, 0.5) is 18.9 Å². The number of anilines is 1. The topological polar surface area (TPSA) is 242 Å². The maximum atomic E-state index is 15.9. The minimum Gasteiger partial charge on any atom is -0.395 e. The molecule has 3 aliphatic rings. The van der Waals surface area contributed by atoms with Crippen molar-refractivity contribution in [1.82, 2.24) is 44.3 Å². The minimum atomic E-state index is -3.80. The number of aliphatic hydroxyl groups is 3. The van der Waals surface area contributed by atoms with Crippen molar-refractivity contribution in [2.75, 3.05) is 51.4 Å². The van der Waals surface area contributed by atoms with E-state index in [2.05, 4.69) is 52.2 Å². The van der Waals surface area contributed by atoms with E-state index in [1.165, 1.54) is 41.2 Å². The van der Waals surface area contributed by atoms with Crippen LogP contribution in [0.2, 0.25) is 0 Å². The summed E-state index contributed by atoms with van der Waals surface area (Å²) >= 11 is 0. The number of amides is 2. The number of likely N-dealkylation sites (tertiary alicyclic amines) is 1. The van der Waals surface area contributed by atoms with Gasteiger partial charge in [-0.05, 0) is 117 Å². The number of ether oxygens (including phenoxy) is 4. The number of hydrogen-bond acceptors (Lipinski definition) is 15. The smallest absolute Gasteiger partial charge is 0.395 e. The van der Waals surface area contributed by atoms with Gasteiger partial charge >= 0.3 is 6.29 Å². The van der Waals surface area contributed by atoms with E-state index in [4.69, 9.17) is 9.47 Å². The van der Waals surface area contributed by atoms with E-state index in [1.807, 2.05) is 80.4 Å². The van der Waals surface area contributed by atoms with Crippen LogP contribution in [0.15, 0.2) is 121 Å². The number of hydrogen-bond donors (Lipinski definition) is 5. The quantitative estimate of drug-likeness (QED) is 0.0241. The molecule has 0 radical (unpaired) electrons. The van der Waals surface area contributed by atoms with Gasteiger partial charge in [-0.1, -0.05) is 69.0 Å². The lowest BCUT2D eigenvalue weighted by molar-refractivity contribution is -0.286. The van der Waals surface area contributed by atoms with Crippen molar-refractivity contribution in [3.05, 3.63) is 171 Å². The lowest BCUT2D eigenvalue weighted by Gasteiger charge is -2.38. The number of piperidine rings is 1. The van der Waals surface area contributed by atoms with Gasteiger partial charge in [0.05, 0.1) is 109 Å². The molecule has 8 aromatic rings. The molecule has 2 amide bonds. The molecule has 4 aromatic carbocycles. The number of halogens is 3. The molecule has 0 bridgehead atoms. The van der Waals surface area contributed by atoms with Gasteiger partial charge in [0.2, 0.25) is 11.8 Å². The van der Waals surface area contributed by atoms with Crippen LogP contribution < -0.4 is 25.7 Å². The summed E-state index contributed by atoms with van der Waals surface area (Å²) in [5, 5.41) is 52.1. The molecule has 1 aliphatic carbocycles. The Morgan fingerprint density at radius 3 is 2.41 bits per heavy atom. The zero-order valence-corrected chi connectivity index (χ0v) is 51.2. The minimum absolute atomic E-state index is 0.0130. The first-order valence-corrected chi connectivity index (χ1v) is 30.8. The van der Waals surface area contributed by atoms with Crippen LogP contribution in [0, 0.1) is 17.7 Å². The summed E-state index contributed by atoms with van der Waals surface area (Å²) < 4.78 is 69.5. The monoisotopic (exact) mass is 1250 g/mol. The fraction of sp³-hybridized carbons (Fsp3) is 0.426. The van der Waals surface area contributed by atoms with Crippen molar-refractivity contribution in [3.8, 4) is 23.3 Å². The van der Waals surface area contributed by atoms with Gasteiger partial charge in [0, 0.05) is 79.2 Å². The largest absolute Gasteiger partial charge is 0.586 e. The third kappa shape index (κ3) is 15.5. The molecule has 11 rings (SSSR count). The Kier molecular flexibility index (Phi) is 19.4. The van der Waals surface area contributed by atoms with Gasteiger partial charge in [0.15, 0.2) is 11.5 Å². The fourth-order valence-electron chi connectivity index (χ4n) is 11.8. The lowest BCUT2D eigenvalue weighted by atomic mass is 9.90. The number of carbonyl (C=O) groups excluding carboxylic acids is 2. The SMILES string of the molecule is C[C@H](CC(=O)N1CCC(O)(Cn2cnc3cc(C#CCNCc4cnn(Cc5ccc(COCCCCCOCC(C)(C)c6cc7cc(NC(=O)C8(c9ccc%10c(c9)OC(F)(F)O%10)CC8)c(F)cc7n6C[C@@H](O)CO)nn5)c4)ccc3c2=O)CC1)c1ccccc1. The summed E-state index contributed by atoms with van der Waals surface area (Å²) in [4.78, 5) is 46.7. The van der Waals surface area contributed by atoms with Gasteiger partial charge in [0.1, 0.15) is 5.82 Å². The molecular weight excluding hydrogens is 1170 g/mol. The molecule has 5 N–H and O–H groups in total. The Morgan fingerprint density at radius 2 is 1.65 bits per heavy atom. The molecule has 0 unspecified atom stereocenters. The third-order valence-electron chi connectivity index (χ3n) is 17.2. The molecule has 478 valence electrons. The molecule has 1 saturated carbocycles. The van der Waals surface area contributed by atoms with E-state index in [-0.39, 0.29) is 47.7 Å². The number of nitrogens with zero attached hydrogens (tertiary/aromatic N) is 8. The fourth-order valence-corrected chi connectivity index (χ4v) is 11.8. The number of alkyl halides is 2. The maximum absolute atomic E-state index is 15.9. The number of benzene rings is 4. The Labute approximate surface area is 524 Å². The summed E-state index contributed by atoms with van der Waals surface area (Å²) in [7, 11) is 0. The molecule has 91 heavy (non-hydrogen) atoms. The molecule has 0 spiro atoms. The first-order chi connectivity index (χ1) is 43.8. The summed E-state index contributed by atoms with van der Waals surface area (Å²) in [6, 6.07) is 28.0. The maximum Gasteiger partial charge on any atom is 0.586 e. The Bertz CT molecular complexity index is 4020. The van der Waals surface area contributed by atoms with Crippen LogP contribution in [0.3, 0.4) is 0 Å². The highest BCUT2D eigenvalue weighted by molar-refractivity contribution is 6.03. The lowest BCUT2D eigenvalue weighted by Crippen LogP contribution is -2.49. The highest BCUT2D eigenvalue weighted by atomic mass is 19.3. The van der Waals surface area contributed by atoms with E-state index in [0.29, 0.717) is 124 Å². The number of aliphatic hydroxyl groups excluding tert-OH is 2. The summed E-state index contributed by atoms with van der Waals surface area (Å²) in [6.45, 7) is 9.46. The van der Waals surface area contributed by atoms with Crippen molar-refractivity contribution >= 4 is 39.3 Å². The molecule has 6 heterocycles. The number of unbranched alkanes of at least 4 members (excludes halogenated alkanes) is 2. The van der Waals surface area contributed by atoms with E-state index < -0.39 is 47.2 Å². The van der Waals surface area contributed by atoms with Crippen molar-refractivity contribution in [1.29, 1.82) is 0 Å². The standard InChI is InChI=1S/C68H75F3N10O10/c1-45(48-12-6-4-7-13-48)29-62(84)78-25-22-66(87,23-26-78)42-79-44-73-56-30-46(14-18-54(56)63(79)85)11-10-24-72-35-47-36-74-80(37-47)38-51-16-17-52(77-76-51)41-88-27-8-5-9-28-89-43-65(2,3)61-32-49-31-57(55(69)34-58(49)81(61)39-53(83)40-82)75-64(86)67(20-21-67)50-15-19-59-60(33-50)91-68(70,71)90-59/h4,6-7,12-19,30-34,36-37,44-45,53,72,82-83,87H,5,8-9,20-29,35,38-43H2,1-3H3,(H,75,86)/t45-,53-/m1/s1. The van der Waals surface area contributed by atoms with Crippen molar-refractivity contribution < 1.29 is 57.0 Å². The highest BCUT2D eigenvalue weighted by Gasteiger charge is 2.53. The van der Waals surface area contributed by atoms with Crippen molar-refractivity contribution in [2.45, 2.75) is 140 Å². The van der Waals surface area contributed by atoms with Crippen LogP contribution in [0.5, 0.6) is 11.5 Å². The van der Waals surface area contributed by atoms with Crippen LogP contribution in [0.25, 0.3) is 21.8 Å². The molecule has 23 heteroatoms. The van der Waals surface area contributed by atoms with Gasteiger partial charge in [-0.3, -0.25) is 23.6 Å². The summed E-state index contributed by atoms with van der Waals surface area (Å²) in [5.41, 5.74) is 3.32. The molecule has 2 fully saturated rings. The second kappa shape index (κ2) is 27.5. The van der Waals surface area contributed by atoms with Gasteiger partial charge in [-0.15, -0.1) is 8.78 Å². The molecule has 20 nitrogen and oxygen atoms in total. The number of aromatic nitrogens is 7. The van der Waals surface area contributed by atoms with Crippen LogP contribution >= 0.6 is 0 Å². The Hall–Kier alpha value is -8.50. The number of rotatable bonds is 27. The highest BCUT2D eigenvalue weighted by Crippen LogP contribution is 2.52. The summed E-state index contributed by atoms with van der Waals surface area (Å²) in [5.74, 6) is 4.93. The molecule has 4 aromatic heterocycles. The zero-order chi connectivity index (χ0) is 63.9. The van der Waals surface area contributed by atoms with E-state index in [0.717, 1.165) is 47.3 Å². The van der Waals surface area contributed by atoms with Gasteiger partial charge in [-0.2, -0.15) is 15.3 Å². The molecule has 2 atom stereocenters. The average molecular weight is 1250 g/mol. The molecular formula is C68H75F3N10O10. The second-order valence-corrected chi connectivity index (χ2v) is 24.8. The van der Waals surface area contributed by atoms with Crippen LogP contribution in [-0.2, 0) is 62.7 Å². The summed E-state index contributed by atoms with van der Waals surface area (Å²) in [6.07, 6.45) is 4.71. The van der Waals surface area contributed by atoms with Gasteiger partial charge < -0.3 is 54.4 Å². The van der Waals surface area contributed by atoms with E-state index >= 15 is 4.39 Å². The first kappa shape index (κ1) is 64.0. The average Bonchev–Trinajstić information content (AvgIpc) is 1.61. The second-order valence-electron chi connectivity index (χ2n) is 24.8. The zero-order valence-electron chi connectivity index (χ0n) is 51.2. The number of nitrogens with one attached hydrogen (secondary N) is 2. The predicted octanol–water partition coefficient (Wildman–Crippen LogP) is 8.24. The van der Waals surface area contributed by atoms with Gasteiger partial charge in [-0.25, -0.2) is 9.37 Å². The first-order valence-electron chi connectivity index (χ1n) is 30.8. The van der Waals surface area contributed by atoms with Crippen LogP contribution in [0.1, 0.15) is 117 Å². The predicted molar refractivity (Wildman–Crippen MR) is 333 cm³/mol.